The highest BCUT2D eigenvalue weighted by Gasteiger charge is 2.24. The molecule has 0 bridgehead atoms. The van der Waals surface area contributed by atoms with Gasteiger partial charge >= 0.3 is 0 Å². The Kier molecular flexibility index (Phi) is 2.40. The summed E-state index contributed by atoms with van der Waals surface area (Å²) in [7, 11) is 2.17. The minimum Gasteiger partial charge on any atom is -0.464 e. The highest BCUT2D eigenvalue weighted by Crippen LogP contribution is 2.31. The van der Waals surface area contributed by atoms with Gasteiger partial charge in [0.1, 0.15) is 11.5 Å². The van der Waals surface area contributed by atoms with Crippen LogP contribution in [0.15, 0.2) is 16.5 Å². The van der Waals surface area contributed by atoms with Crippen LogP contribution in [-0.4, -0.2) is 18.5 Å². The van der Waals surface area contributed by atoms with Crippen LogP contribution in [0.3, 0.4) is 0 Å². The zero-order chi connectivity index (χ0) is 9.26. The number of hydrogen-bond acceptors (Lipinski definition) is 2. The van der Waals surface area contributed by atoms with Crippen LogP contribution in [0.5, 0.6) is 0 Å². The topological polar surface area (TPSA) is 16.4 Å². The summed E-state index contributed by atoms with van der Waals surface area (Å²) < 4.78 is 5.75. The molecule has 2 nitrogen and oxygen atoms in total. The summed E-state index contributed by atoms with van der Waals surface area (Å²) in [4.78, 5) is 2.37. The molecular formula is C11H17NO. The smallest absolute Gasteiger partial charge is 0.121 e. The van der Waals surface area contributed by atoms with E-state index in [1.54, 1.807) is 0 Å². The largest absolute Gasteiger partial charge is 0.464 e. The van der Waals surface area contributed by atoms with Gasteiger partial charge in [0.25, 0.3) is 0 Å². The summed E-state index contributed by atoms with van der Waals surface area (Å²) in [6.45, 7) is 3.33. The minimum atomic E-state index is 0.528. The standard InChI is InChI=1S/C11H17NO/c1-3-9-6-7-11(13-9)10-5-4-8-12(10)2/h6-7,10H,3-5,8H2,1-2H3. The second-order valence-corrected chi connectivity index (χ2v) is 3.80. The highest BCUT2D eigenvalue weighted by molar-refractivity contribution is 5.11. The number of furan rings is 1. The van der Waals surface area contributed by atoms with E-state index in [1.807, 2.05) is 0 Å². The minimum absolute atomic E-state index is 0.528. The van der Waals surface area contributed by atoms with Gasteiger partial charge in [-0.05, 0) is 38.6 Å². The van der Waals surface area contributed by atoms with E-state index < -0.39 is 0 Å². The van der Waals surface area contributed by atoms with Gasteiger partial charge < -0.3 is 4.42 Å². The second kappa shape index (κ2) is 3.54. The van der Waals surface area contributed by atoms with Crippen molar-refractivity contribution in [3.63, 3.8) is 0 Å². The fourth-order valence-electron chi connectivity index (χ4n) is 2.03. The van der Waals surface area contributed by atoms with Crippen LogP contribution >= 0.6 is 0 Å². The van der Waals surface area contributed by atoms with Gasteiger partial charge in [0.05, 0.1) is 6.04 Å². The lowest BCUT2D eigenvalue weighted by Crippen LogP contribution is -2.16. The van der Waals surface area contributed by atoms with Gasteiger partial charge in [0.2, 0.25) is 0 Å². The number of aryl methyl sites for hydroxylation is 1. The molecule has 1 atom stereocenters. The van der Waals surface area contributed by atoms with Gasteiger partial charge in [-0.15, -0.1) is 0 Å². The third-order valence-corrected chi connectivity index (χ3v) is 2.88. The fraction of sp³-hybridized carbons (Fsp3) is 0.636. The molecule has 13 heavy (non-hydrogen) atoms. The van der Waals surface area contributed by atoms with E-state index >= 15 is 0 Å². The molecular weight excluding hydrogens is 162 g/mol. The first kappa shape index (κ1) is 8.82. The first-order valence-electron chi connectivity index (χ1n) is 5.10. The lowest BCUT2D eigenvalue weighted by molar-refractivity contribution is 0.271. The molecule has 0 N–H and O–H groups in total. The van der Waals surface area contributed by atoms with Crippen molar-refractivity contribution in [2.75, 3.05) is 13.6 Å². The van der Waals surface area contributed by atoms with Crippen molar-refractivity contribution in [1.29, 1.82) is 0 Å². The maximum Gasteiger partial charge on any atom is 0.121 e. The van der Waals surface area contributed by atoms with Crippen molar-refractivity contribution in [3.05, 3.63) is 23.7 Å². The van der Waals surface area contributed by atoms with Gasteiger partial charge in [0, 0.05) is 6.42 Å². The van der Waals surface area contributed by atoms with Crippen molar-refractivity contribution < 1.29 is 4.42 Å². The molecule has 1 aliphatic rings. The van der Waals surface area contributed by atoms with E-state index in [9.17, 15) is 0 Å². The molecule has 1 saturated heterocycles. The van der Waals surface area contributed by atoms with E-state index in [4.69, 9.17) is 4.42 Å². The maximum atomic E-state index is 5.75. The first-order valence-corrected chi connectivity index (χ1v) is 5.10. The summed E-state index contributed by atoms with van der Waals surface area (Å²) in [5, 5.41) is 0. The lowest BCUT2D eigenvalue weighted by atomic mass is 10.2. The molecule has 2 rings (SSSR count). The number of rotatable bonds is 2. The Morgan fingerprint density at radius 2 is 2.38 bits per heavy atom. The second-order valence-electron chi connectivity index (χ2n) is 3.80. The molecule has 0 aliphatic carbocycles. The Morgan fingerprint density at radius 1 is 1.54 bits per heavy atom. The number of nitrogens with zero attached hydrogens (tertiary/aromatic N) is 1. The summed E-state index contributed by atoms with van der Waals surface area (Å²) in [5.74, 6) is 2.26. The normalized spacial score (nSPS) is 24.0. The SMILES string of the molecule is CCc1ccc(C2CCCN2C)o1. The Bertz CT molecular complexity index is 279. The third kappa shape index (κ3) is 1.63. The Hall–Kier alpha value is -0.760. The van der Waals surface area contributed by atoms with Gasteiger partial charge in [-0.1, -0.05) is 6.92 Å². The third-order valence-electron chi connectivity index (χ3n) is 2.88. The molecule has 1 aromatic heterocycles. The zero-order valence-electron chi connectivity index (χ0n) is 8.42. The van der Waals surface area contributed by atoms with Gasteiger partial charge in [0.15, 0.2) is 0 Å². The molecule has 0 spiro atoms. The van der Waals surface area contributed by atoms with Gasteiger partial charge in [-0.3, -0.25) is 4.90 Å². The van der Waals surface area contributed by atoms with Gasteiger partial charge in [-0.2, -0.15) is 0 Å². The maximum absolute atomic E-state index is 5.75. The van der Waals surface area contributed by atoms with Crippen LogP contribution in [0.25, 0.3) is 0 Å². The molecule has 1 unspecified atom stereocenters. The van der Waals surface area contributed by atoms with E-state index in [-0.39, 0.29) is 0 Å². The van der Waals surface area contributed by atoms with Crippen molar-refractivity contribution >= 4 is 0 Å². The number of likely N-dealkylation sites (tertiary alicyclic amines) is 1. The Balaban J connectivity index is 2.15. The predicted octanol–water partition coefficient (Wildman–Crippen LogP) is 2.61. The molecule has 0 radical (unpaired) electrons. The summed E-state index contributed by atoms with van der Waals surface area (Å²) in [6, 6.07) is 4.76. The van der Waals surface area contributed by atoms with E-state index in [0.29, 0.717) is 6.04 Å². The predicted molar refractivity (Wildman–Crippen MR) is 52.7 cm³/mol. The quantitative estimate of drug-likeness (QED) is 0.694. The van der Waals surface area contributed by atoms with Crippen molar-refractivity contribution in [2.45, 2.75) is 32.2 Å². The molecule has 1 fully saturated rings. The Morgan fingerprint density at radius 3 is 2.92 bits per heavy atom. The van der Waals surface area contributed by atoms with Crippen LogP contribution in [0, 0.1) is 0 Å². The molecule has 1 aliphatic heterocycles. The van der Waals surface area contributed by atoms with Crippen LogP contribution < -0.4 is 0 Å². The molecule has 0 aromatic carbocycles. The summed E-state index contributed by atoms with van der Waals surface area (Å²) in [5.41, 5.74) is 0. The highest BCUT2D eigenvalue weighted by atomic mass is 16.3. The molecule has 72 valence electrons. The molecule has 0 saturated carbocycles. The average Bonchev–Trinajstić information content (AvgIpc) is 2.71. The zero-order valence-corrected chi connectivity index (χ0v) is 8.42. The molecule has 1 aromatic rings. The van der Waals surface area contributed by atoms with Crippen molar-refractivity contribution in [1.82, 2.24) is 4.90 Å². The van der Waals surface area contributed by atoms with E-state index in [1.165, 1.54) is 19.4 Å². The van der Waals surface area contributed by atoms with Crippen LogP contribution in [-0.2, 0) is 6.42 Å². The average molecular weight is 179 g/mol. The van der Waals surface area contributed by atoms with Crippen LogP contribution in [0.4, 0.5) is 0 Å². The first-order chi connectivity index (χ1) is 6.31. The van der Waals surface area contributed by atoms with Crippen LogP contribution in [0.2, 0.25) is 0 Å². The van der Waals surface area contributed by atoms with Gasteiger partial charge in [-0.25, -0.2) is 0 Å². The monoisotopic (exact) mass is 179 g/mol. The van der Waals surface area contributed by atoms with Crippen molar-refractivity contribution in [2.24, 2.45) is 0 Å². The summed E-state index contributed by atoms with van der Waals surface area (Å²) in [6.07, 6.45) is 3.53. The summed E-state index contributed by atoms with van der Waals surface area (Å²) >= 11 is 0. The van der Waals surface area contributed by atoms with E-state index in [2.05, 4.69) is 31.0 Å². The number of hydrogen-bond donors (Lipinski definition) is 0. The lowest BCUT2D eigenvalue weighted by Gasteiger charge is -2.16. The fourth-order valence-corrected chi connectivity index (χ4v) is 2.03. The molecule has 2 heterocycles. The van der Waals surface area contributed by atoms with Crippen LogP contribution in [0.1, 0.15) is 37.3 Å². The molecule has 2 heteroatoms. The van der Waals surface area contributed by atoms with Crippen molar-refractivity contribution in [3.8, 4) is 0 Å². The molecule has 0 amide bonds. The van der Waals surface area contributed by atoms with E-state index in [0.717, 1.165) is 17.9 Å². The Labute approximate surface area is 79.5 Å².